The number of carbonyl (C=O) groups excluding carboxylic acids is 1. The van der Waals surface area contributed by atoms with Gasteiger partial charge < -0.3 is 10.1 Å². The monoisotopic (exact) mass is 231 g/mol. The first-order chi connectivity index (χ1) is 7.33. The molecule has 88 valence electrons. The molecule has 15 heavy (non-hydrogen) atoms. The van der Waals surface area contributed by atoms with E-state index in [1.807, 2.05) is 11.8 Å². The molecule has 0 radical (unpaired) electrons. The van der Waals surface area contributed by atoms with E-state index in [4.69, 9.17) is 0 Å². The molecular weight excluding hydrogens is 210 g/mol. The average molecular weight is 231 g/mol. The van der Waals surface area contributed by atoms with Crippen molar-refractivity contribution in [3.63, 3.8) is 0 Å². The lowest BCUT2D eigenvalue weighted by molar-refractivity contribution is -0.140. The SMILES string of the molecule is COC(=O)CCSCCC1CCCNC1. The van der Waals surface area contributed by atoms with Crippen molar-refractivity contribution in [3.8, 4) is 0 Å². The van der Waals surface area contributed by atoms with Crippen molar-refractivity contribution in [1.82, 2.24) is 5.32 Å². The highest BCUT2D eigenvalue weighted by Gasteiger charge is 2.12. The minimum absolute atomic E-state index is 0.0955. The summed E-state index contributed by atoms with van der Waals surface area (Å²) in [5.41, 5.74) is 0. The molecular formula is C11H21NO2S. The summed E-state index contributed by atoms with van der Waals surface area (Å²) < 4.78 is 4.58. The molecule has 1 aliphatic heterocycles. The number of ether oxygens (including phenoxy) is 1. The van der Waals surface area contributed by atoms with Crippen LogP contribution in [-0.2, 0) is 9.53 Å². The van der Waals surface area contributed by atoms with Crippen LogP contribution in [0.5, 0.6) is 0 Å². The third-order valence-electron chi connectivity index (χ3n) is 2.75. The van der Waals surface area contributed by atoms with E-state index < -0.39 is 0 Å². The van der Waals surface area contributed by atoms with Gasteiger partial charge in [0.15, 0.2) is 0 Å². The van der Waals surface area contributed by atoms with Gasteiger partial charge in [-0.2, -0.15) is 11.8 Å². The molecule has 1 rings (SSSR count). The quantitative estimate of drug-likeness (QED) is 0.557. The minimum atomic E-state index is -0.0955. The van der Waals surface area contributed by atoms with Crippen molar-refractivity contribution in [3.05, 3.63) is 0 Å². The highest BCUT2D eigenvalue weighted by atomic mass is 32.2. The average Bonchev–Trinajstić information content (AvgIpc) is 2.29. The second-order valence-electron chi connectivity index (χ2n) is 3.94. The molecule has 1 heterocycles. The smallest absolute Gasteiger partial charge is 0.306 e. The highest BCUT2D eigenvalue weighted by molar-refractivity contribution is 7.99. The van der Waals surface area contributed by atoms with Gasteiger partial charge in [0.2, 0.25) is 0 Å². The molecule has 1 N–H and O–H groups in total. The zero-order valence-corrected chi connectivity index (χ0v) is 10.3. The Bertz CT molecular complexity index is 181. The summed E-state index contributed by atoms with van der Waals surface area (Å²) in [6.07, 6.45) is 4.50. The maximum Gasteiger partial charge on any atom is 0.306 e. The molecule has 0 aromatic rings. The van der Waals surface area contributed by atoms with Gasteiger partial charge in [-0.25, -0.2) is 0 Å². The van der Waals surface area contributed by atoms with E-state index in [9.17, 15) is 4.79 Å². The van der Waals surface area contributed by atoms with Crippen molar-refractivity contribution >= 4 is 17.7 Å². The highest BCUT2D eigenvalue weighted by Crippen LogP contribution is 2.17. The molecule has 1 aliphatic rings. The van der Waals surface area contributed by atoms with Gasteiger partial charge in [0.05, 0.1) is 13.5 Å². The molecule has 0 bridgehead atoms. The number of methoxy groups -OCH3 is 1. The van der Waals surface area contributed by atoms with Crippen LogP contribution in [0.4, 0.5) is 0 Å². The Morgan fingerprint density at radius 3 is 3.07 bits per heavy atom. The molecule has 0 spiro atoms. The lowest BCUT2D eigenvalue weighted by atomic mass is 9.97. The van der Waals surface area contributed by atoms with Gasteiger partial charge in [-0.05, 0) is 44.0 Å². The van der Waals surface area contributed by atoms with Crippen LogP contribution in [0.1, 0.15) is 25.7 Å². The van der Waals surface area contributed by atoms with Crippen molar-refractivity contribution in [2.45, 2.75) is 25.7 Å². The summed E-state index contributed by atoms with van der Waals surface area (Å²) in [6.45, 7) is 2.36. The molecule has 0 aromatic heterocycles. The lowest BCUT2D eigenvalue weighted by Crippen LogP contribution is -2.29. The van der Waals surface area contributed by atoms with Gasteiger partial charge >= 0.3 is 5.97 Å². The van der Waals surface area contributed by atoms with Crippen molar-refractivity contribution in [1.29, 1.82) is 0 Å². The van der Waals surface area contributed by atoms with Crippen LogP contribution >= 0.6 is 11.8 Å². The molecule has 0 saturated carbocycles. The number of thioether (sulfide) groups is 1. The van der Waals surface area contributed by atoms with Crippen molar-refractivity contribution < 1.29 is 9.53 Å². The molecule has 1 fully saturated rings. The Labute approximate surface area is 96.3 Å². The summed E-state index contributed by atoms with van der Waals surface area (Å²) in [5, 5.41) is 3.42. The third kappa shape index (κ3) is 6.05. The first-order valence-corrected chi connectivity index (χ1v) is 6.83. The maximum atomic E-state index is 10.8. The number of hydrogen-bond donors (Lipinski definition) is 1. The predicted molar refractivity (Wildman–Crippen MR) is 64.2 cm³/mol. The molecule has 3 nitrogen and oxygen atoms in total. The van der Waals surface area contributed by atoms with Gasteiger partial charge in [-0.1, -0.05) is 0 Å². The fraction of sp³-hybridized carbons (Fsp3) is 0.909. The van der Waals surface area contributed by atoms with Crippen LogP contribution in [0.15, 0.2) is 0 Å². The van der Waals surface area contributed by atoms with Crippen LogP contribution in [0.3, 0.4) is 0 Å². The summed E-state index contributed by atoms with van der Waals surface area (Å²) in [5.74, 6) is 2.82. The minimum Gasteiger partial charge on any atom is -0.469 e. The second-order valence-corrected chi connectivity index (χ2v) is 5.16. The second kappa shape index (κ2) is 7.99. The number of carbonyl (C=O) groups is 1. The summed E-state index contributed by atoms with van der Waals surface area (Å²) in [4.78, 5) is 10.8. The molecule has 1 atom stereocenters. The summed E-state index contributed by atoms with van der Waals surface area (Å²) in [7, 11) is 1.45. The Hall–Kier alpha value is -0.220. The van der Waals surface area contributed by atoms with E-state index in [2.05, 4.69) is 10.1 Å². The van der Waals surface area contributed by atoms with Gasteiger partial charge in [-0.15, -0.1) is 0 Å². The molecule has 0 aromatic carbocycles. The van der Waals surface area contributed by atoms with Crippen LogP contribution in [0.2, 0.25) is 0 Å². The Balaban J connectivity index is 1.89. The third-order valence-corrected chi connectivity index (χ3v) is 3.76. The number of esters is 1. The largest absolute Gasteiger partial charge is 0.469 e. The standard InChI is InChI=1S/C11H21NO2S/c1-14-11(13)5-8-15-7-4-10-3-2-6-12-9-10/h10,12H,2-9H2,1H3. The van der Waals surface area contributed by atoms with E-state index in [1.54, 1.807) is 0 Å². The normalized spacial score (nSPS) is 21.3. The number of rotatable bonds is 6. The molecule has 0 amide bonds. The van der Waals surface area contributed by atoms with E-state index in [1.165, 1.54) is 45.2 Å². The van der Waals surface area contributed by atoms with Gasteiger partial charge in [-0.3, -0.25) is 4.79 Å². The molecule has 4 heteroatoms. The van der Waals surface area contributed by atoms with Gasteiger partial charge in [0.1, 0.15) is 0 Å². The first kappa shape index (κ1) is 12.8. The van der Waals surface area contributed by atoms with Gasteiger partial charge in [0, 0.05) is 5.75 Å². The van der Waals surface area contributed by atoms with Gasteiger partial charge in [0.25, 0.3) is 0 Å². The van der Waals surface area contributed by atoms with E-state index in [0.717, 1.165) is 11.7 Å². The number of piperidine rings is 1. The summed E-state index contributed by atoms with van der Waals surface area (Å²) >= 11 is 1.86. The topological polar surface area (TPSA) is 38.3 Å². The Morgan fingerprint density at radius 2 is 2.40 bits per heavy atom. The fourth-order valence-corrected chi connectivity index (χ4v) is 2.80. The maximum absolute atomic E-state index is 10.8. The van der Waals surface area contributed by atoms with Crippen LogP contribution < -0.4 is 5.32 Å². The van der Waals surface area contributed by atoms with E-state index >= 15 is 0 Å². The Kier molecular flexibility index (Phi) is 6.85. The fourth-order valence-electron chi connectivity index (χ4n) is 1.78. The molecule has 1 unspecified atom stereocenters. The molecule has 0 aliphatic carbocycles. The van der Waals surface area contributed by atoms with Crippen LogP contribution in [0.25, 0.3) is 0 Å². The van der Waals surface area contributed by atoms with Crippen molar-refractivity contribution in [2.75, 3.05) is 31.7 Å². The van der Waals surface area contributed by atoms with Crippen molar-refractivity contribution in [2.24, 2.45) is 5.92 Å². The lowest BCUT2D eigenvalue weighted by Gasteiger charge is -2.22. The van der Waals surface area contributed by atoms with E-state index in [0.29, 0.717) is 6.42 Å². The zero-order chi connectivity index (χ0) is 10.9. The van der Waals surface area contributed by atoms with E-state index in [-0.39, 0.29) is 5.97 Å². The first-order valence-electron chi connectivity index (χ1n) is 5.68. The van der Waals surface area contributed by atoms with Crippen LogP contribution in [-0.4, -0.2) is 37.7 Å². The zero-order valence-electron chi connectivity index (χ0n) is 9.46. The number of nitrogens with one attached hydrogen (secondary N) is 1. The predicted octanol–water partition coefficient (Wildman–Crippen LogP) is 1.67. The Morgan fingerprint density at radius 1 is 1.53 bits per heavy atom. The molecule has 1 saturated heterocycles. The van der Waals surface area contributed by atoms with Crippen LogP contribution in [0, 0.1) is 5.92 Å². The summed E-state index contributed by atoms with van der Waals surface area (Å²) in [6, 6.07) is 0. The number of hydrogen-bond acceptors (Lipinski definition) is 4.